The summed E-state index contributed by atoms with van der Waals surface area (Å²) in [6.45, 7) is 3.04. The van der Waals surface area contributed by atoms with Crippen LogP contribution in [0.4, 0.5) is 4.79 Å². The number of carbonyl (C=O) groups excluding carboxylic acids is 1. The molecule has 242 valence electrons. The van der Waals surface area contributed by atoms with Gasteiger partial charge in [0, 0.05) is 49.8 Å². The van der Waals surface area contributed by atoms with Gasteiger partial charge in [-0.25, -0.2) is 9.78 Å². The van der Waals surface area contributed by atoms with E-state index in [2.05, 4.69) is 52.9 Å². The molecule has 0 radical (unpaired) electrons. The maximum atomic E-state index is 12.5. The second-order valence-electron chi connectivity index (χ2n) is 11.8. The Morgan fingerprint density at radius 3 is 2.28 bits per heavy atom. The van der Waals surface area contributed by atoms with E-state index in [1.54, 1.807) is 11.8 Å². The van der Waals surface area contributed by atoms with E-state index in [4.69, 9.17) is 9.47 Å². The topological polar surface area (TPSA) is 97.6 Å². The maximum absolute atomic E-state index is 12.5. The fourth-order valence-electron chi connectivity index (χ4n) is 5.75. The number of aromatic nitrogens is 2. The van der Waals surface area contributed by atoms with Crippen molar-refractivity contribution in [2.75, 3.05) is 5.75 Å². The van der Waals surface area contributed by atoms with Crippen molar-refractivity contribution in [2.45, 2.75) is 50.3 Å². The van der Waals surface area contributed by atoms with Crippen LogP contribution in [-0.4, -0.2) is 32.5 Å². The predicted octanol–water partition coefficient (Wildman–Crippen LogP) is 7.16. The lowest BCUT2D eigenvalue weighted by atomic mass is 9.91. The summed E-state index contributed by atoms with van der Waals surface area (Å²) in [5, 5.41) is 16.4. The van der Waals surface area contributed by atoms with Gasteiger partial charge in [-0.05, 0) is 33.4 Å². The van der Waals surface area contributed by atoms with E-state index in [1.165, 1.54) is 0 Å². The van der Waals surface area contributed by atoms with Gasteiger partial charge in [0.05, 0.1) is 18.8 Å². The smallest absolute Gasteiger partial charge is 0.315 e. The van der Waals surface area contributed by atoms with Gasteiger partial charge in [0.2, 0.25) is 0 Å². The Balaban J connectivity index is 1.16. The van der Waals surface area contributed by atoms with E-state index < -0.39 is 6.29 Å². The molecule has 2 heterocycles. The van der Waals surface area contributed by atoms with Crippen LogP contribution in [0, 0.1) is 5.92 Å². The van der Waals surface area contributed by atoms with Gasteiger partial charge >= 0.3 is 6.03 Å². The number of hydrogen-bond donors (Lipinski definition) is 3. The molecule has 1 aromatic heterocycles. The van der Waals surface area contributed by atoms with Gasteiger partial charge < -0.3 is 29.8 Å². The highest BCUT2D eigenvalue weighted by Gasteiger charge is 2.38. The van der Waals surface area contributed by atoms with Crippen molar-refractivity contribution in [3.05, 3.63) is 143 Å². The van der Waals surface area contributed by atoms with Crippen molar-refractivity contribution in [1.82, 2.24) is 20.2 Å². The molecular weight excluding hydrogens is 609 g/mol. The second kappa shape index (κ2) is 15.5. The number of benzene rings is 4. The van der Waals surface area contributed by atoms with Gasteiger partial charge in [0.15, 0.2) is 11.4 Å². The number of amides is 2. The van der Waals surface area contributed by atoms with Crippen LogP contribution in [0.3, 0.4) is 0 Å². The third kappa shape index (κ3) is 8.12. The highest BCUT2D eigenvalue weighted by Crippen LogP contribution is 2.43. The van der Waals surface area contributed by atoms with Crippen molar-refractivity contribution in [3.8, 4) is 11.1 Å². The fourth-order valence-corrected chi connectivity index (χ4v) is 6.84. The van der Waals surface area contributed by atoms with Crippen molar-refractivity contribution >= 4 is 17.8 Å². The number of nitrogens with one attached hydrogen (secondary N) is 2. The molecule has 5 aromatic rings. The number of aliphatic hydroxyl groups is 1. The summed E-state index contributed by atoms with van der Waals surface area (Å²) in [5.41, 5.74) is 7.01. The van der Waals surface area contributed by atoms with E-state index >= 15 is 0 Å². The van der Waals surface area contributed by atoms with Gasteiger partial charge in [-0.3, -0.25) is 0 Å². The van der Waals surface area contributed by atoms with Crippen molar-refractivity contribution in [2.24, 2.45) is 13.0 Å². The van der Waals surface area contributed by atoms with Crippen molar-refractivity contribution < 1.29 is 19.4 Å². The van der Waals surface area contributed by atoms with Crippen LogP contribution in [0.5, 0.6) is 0 Å². The average molecular weight is 649 g/mol. The standard InChI is InChI=1S/C38H40N4O4S/c1-26-34(25-47-38-39-20-21-42(38)2)45-36(46-35(26)30-14-12-28(24-43)13-15-30)31-18-16-29(17-19-31)33-11-7-6-10-32(33)23-41-37(44)40-22-27-8-4-3-5-9-27/h3-21,26,34-36,43H,22-25H2,1-2H3,(H2,40,41,44)/t26-,34+,35+,36+/m0/s1. The summed E-state index contributed by atoms with van der Waals surface area (Å²) in [4.78, 5) is 17.0. The van der Waals surface area contributed by atoms with Crippen LogP contribution in [0.25, 0.3) is 11.1 Å². The lowest BCUT2D eigenvalue weighted by Crippen LogP contribution is -2.38. The minimum absolute atomic E-state index is 0.00299. The first-order valence-electron chi connectivity index (χ1n) is 15.8. The molecule has 4 aromatic carbocycles. The van der Waals surface area contributed by atoms with Crippen LogP contribution in [0.2, 0.25) is 0 Å². The molecule has 0 aliphatic carbocycles. The van der Waals surface area contributed by atoms with E-state index in [0.29, 0.717) is 13.1 Å². The minimum atomic E-state index is -0.556. The molecule has 1 fully saturated rings. The SMILES string of the molecule is C[C@H]1[C@@H](CSc2nccn2C)O[C@@H](c2ccc(-c3ccccc3CNC(=O)NCc3ccccc3)cc2)O[C@H]1c1ccc(CO)cc1. The molecule has 2 amide bonds. The van der Waals surface area contributed by atoms with Crippen molar-refractivity contribution in [3.63, 3.8) is 0 Å². The first kappa shape index (κ1) is 32.5. The lowest BCUT2D eigenvalue weighted by Gasteiger charge is -2.41. The van der Waals surface area contributed by atoms with Gasteiger partial charge in [0.25, 0.3) is 0 Å². The number of hydrogen-bond acceptors (Lipinski definition) is 6. The van der Waals surface area contributed by atoms with E-state index in [0.717, 1.165) is 49.9 Å². The highest BCUT2D eigenvalue weighted by molar-refractivity contribution is 7.99. The molecule has 1 saturated heterocycles. The van der Waals surface area contributed by atoms with Gasteiger partial charge in [-0.1, -0.05) is 122 Å². The first-order chi connectivity index (χ1) is 23.0. The molecule has 0 saturated carbocycles. The molecule has 47 heavy (non-hydrogen) atoms. The highest BCUT2D eigenvalue weighted by atomic mass is 32.2. The minimum Gasteiger partial charge on any atom is -0.392 e. The number of ether oxygens (including phenoxy) is 2. The van der Waals surface area contributed by atoms with Gasteiger partial charge in [-0.15, -0.1) is 0 Å². The predicted molar refractivity (Wildman–Crippen MR) is 184 cm³/mol. The van der Waals surface area contributed by atoms with Crippen LogP contribution in [0.15, 0.2) is 121 Å². The second-order valence-corrected chi connectivity index (χ2v) is 12.7. The Morgan fingerprint density at radius 1 is 0.851 bits per heavy atom. The molecule has 8 nitrogen and oxygen atoms in total. The molecule has 3 N–H and O–H groups in total. The summed E-state index contributed by atoms with van der Waals surface area (Å²) < 4.78 is 15.3. The Hall–Kier alpha value is -4.41. The lowest BCUT2D eigenvalue weighted by molar-refractivity contribution is -0.268. The fraction of sp³-hybridized carbons (Fsp3) is 0.263. The van der Waals surface area contributed by atoms with Crippen LogP contribution in [0.1, 0.15) is 47.1 Å². The zero-order chi connectivity index (χ0) is 32.6. The van der Waals surface area contributed by atoms with Crippen LogP contribution < -0.4 is 10.6 Å². The average Bonchev–Trinajstić information content (AvgIpc) is 3.54. The number of carbonyl (C=O) groups is 1. The first-order valence-corrected chi connectivity index (χ1v) is 16.8. The molecule has 1 aliphatic rings. The molecule has 9 heteroatoms. The number of aryl methyl sites for hydroxylation is 1. The number of rotatable bonds is 11. The van der Waals surface area contributed by atoms with Crippen molar-refractivity contribution in [1.29, 1.82) is 0 Å². The summed E-state index contributed by atoms with van der Waals surface area (Å²) in [5.74, 6) is 0.816. The van der Waals surface area contributed by atoms with Gasteiger partial charge in [0.1, 0.15) is 0 Å². The van der Waals surface area contributed by atoms with E-state index in [1.807, 2.05) is 96.8 Å². The quantitative estimate of drug-likeness (QED) is 0.132. The Bertz CT molecular complexity index is 1740. The molecule has 0 unspecified atom stereocenters. The molecule has 6 rings (SSSR count). The Kier molecular flexibility index (Phi) is 10.7. The van der Waals surface area contributed by atoms with Crippen LogP contribution in [-0.2, 0) is 36.2 Å². The zero-order valence-electron chi connectivity index (χ0n) is 26.6. The summed E-state index contributed by atoms with van der Waals surface area (Å²) in [7, 11) is 1.99. The molecular formula is C38H40N4O4S. The van der Waals surface area contributed by atoms with E-state index in [-0.39, 0.29) is 30.8 Å². The number of imidazole rings is 1. The summed E-state index contributed by atoms with van der Waals surface area (Å²) >= 11 is 1.68. The number of thioether (sulfide) groups is 1. The molecule has 1 aliphatic heterocycles. The zero-order valence-corrected chi connectivity index (χ0v) is 27.4. The normalized spacial score (nSPS) is 19.3. The summed E-state index contributed by atoms with van der Waals surface area (Å²) in [6, 6.07) is 34.0. The van der Waals surface area contributed by atoms with Gasteiger partial charge in [-0.2, -0.15) is 0 Å². The molecule has 4 atom stereocenters. The van der Waals surface area contributed by atoms with E-state index in [9.17, 15) is 9.90 Å². The number of aliphatic hydroxyl groups excluding tert-OH is 1. The monoisotopic (exact) mass is 648 g/mol. The summed E-state index contributed by atoms with van der Waals surface area (Å²) in [6.07, 6.45) is 2.92. The Morgan fingerprint density at radius 2 is 1.55 bits per heavy atom. The number of urea groups is 1. The maximum Gasteiger partial charge on any atom is 0.315 e. The van der Waals surface area contributed by atoms with Crippen LogP contribution >= 0.6 is 11.8 Å². The largest absolute Gasteiger partial charge is 0.392 e. The number of nitrogens with zero attached hydrogens (tertiary/aromatic N) is 2. The third-order valence-electron chi connectivity index (χ3n) is 8.52. The Labute approximate surface area is 280 Å². The molecule has 0 bridgehead atoms. The molecule has 0 spiro atoms. The third-order valence-corrected chi connectivity index (χ3v) is 9.67.